The van der Waals surface area contributed by atoms with Crippen molar-refractivity contribution in [1.82, 2.24) is 0 Å². The SMILES string of the molecule is COC(=O)c1cc(N2CC(C)C3CCCCC32)ccc1[N+](=O)[O-]. The Balaban J connectivity index is 1.97. The summed E-state index contributed by atoms with van der Waals surface area (Å²) in [4.78, 5) is 24.8. The normalized spacial score (nSPS) is 26.7. The number of carbonyl (C=O) groups is 1. The highest BCUT2D eigenvalue weighted by atomic mass is 16.6. The van der Waals surface area contributed by atoms with E-state index in [-0.39, 0.29) is 11.3 Å². The van der Waals surface area contributed by atoms with Crippen LogP contribution in [0.2, 0.25) is 0 Å². The van der Waals surface area contributed by atoms with E-state index in [1.54, 1.807) is 12.1 Å². The first-order valence-electron chi connectivity index (χ1n) is 8.16. The molecule has 6 heteroatoms. The van der Waals surface area contributed by atoms with Gasteiger partial charge in [0, 0.05) is 24.3 Å². The highest BCUT2D eigenvalue weighted by Crippen LogP contribution is 2.42. The van der Waals surface area contributed by atoms with Crippen molar-refractivity contribution in [2.24, 2.45) is 11.8 Å². The molecule has 0 aromatic heterocycles. The first kappa shape index (κ1) is 15.8. The van der Waals surface area contributed by atoms with Crippen LogP contribution in [0.1, 0.15) is 43.0 Å². The lowest BCUT2D eigenvalue weighted by atomic mass is 9.80. The lowest BCUT2D eigenvalue weighted by molar-refractivity contribution is -0.385. The van der Waals surface area contributed by atoms with Crippen LogP contribution in [0.5, 0.6) is 0 Å². The lowest BCUT2D eigenvalue weighted by Gasteiger charge is -2.33. The fourth-order valence-electron chi connectivity index (χ4n) is 4.20. The Hall–Kier alpha value is -2.11. The maximum atomic E-state index is 11.9. The van der Waals surface area contributed by atoms with Gasteiger partial charge in [-0.2, -0.15) is 0 Å². The second-order valence-corrected chi connectivity index (χ2v) is 6.60. The number of esters is 1. The van der Waals surface area contributed by atoms with Gasteiger partial charge < -0.3 is 9.64 Å². The molecule has 2 aliphatic rings. The molecule has 3 unspecified atom stereocenters. The Morgan fingerprint density at radius 1 is 1.35 bits per heavy atom. The number of methoxy groups -OCH3 is 1. The molecule has 0 amide bonds. The number of nitro benzene ring substituents is 1. The molecule has 1 saturated heterocycles. The van der Waals surface area contributed by atoms with Gasteiger partial charge >= 0.3 is 5.97 Å². The number of benzene rings is 1. The van der Waals surface area contributed by atoms with Crippen molar-refractivity contribution in [3.8, 4) is 0 Å². The van der Waals surface area contributed by atoms with E-state index in [2.05, 4.69) is 11.8 Å². The largest absolute Gasteiger partial charge is 0.465 e. The van der Waals surface area contributed by atoms with E-state index >= 15 is 0 Å². The Morgan fingerprint density at radius 3 is 2.78 bits per heavy atom. The third kappa shape index (κ3) is 2.78. The van der Waals surface area contributed by atoms with Gasteiger partial charge in [0.05, 0.1) is 12.0 Å². The minimum Gasteiger partial charge on any atom is -0.465 e. The van der Waals surface area contributed by atoms with Gasteiger partial charge in [0.2, 0.25) is 0 Å². The molecule has 1 heterocycles. The zero-order valence-corrected chi connectivity index (χ0v) is 13.5. The number of anilines is 1. The third-order valence-corrected chi connectivity index (χ3v) is 5.31. The van der Waals surface area contributed by atoms with Crippen LogP contribution < -0.4 is 4.90 Å². The summed E-state index contributed by atoms with van der Waals surface area (Å²) in [5, 5.41) is 11.1. The summed E-state index contributed by atoms with van der Waals surface area (Å²) in [5.41, 5.74) is 0.715. The van der Waals surface area contributed by atoms with Crippen molar-refractivity contribution in [2.75, 3.05) is 18.6 Å². The Bertz CT molecular complexity index is 631. The quantitative estimate of drug-likeness (QED) is 0.485. The van der Waals surface area contributed by atoms with Gasteiger partial charge in [-0.3, -0.25) is 10.1 Å². The standard InChI is InChI=1S/C17H22N2O4/c1-11-10-18(15-6-4-3-5-13(11)15)12-7-8-16(19(21)22)14(9-12)17(20)23-2/h7-9,11,13,15H,3-6,10H2,1-2H3. The molecule has 1 aliphatic heterocycles. The molecule has 124 valence electrons. The Kier molecular flexibility index (Phi) is 4.24. The summed E-state index contributed by atoms with van der Waals surface area (Å²) in [6, 6.07) is 5.27. The zero-order valence-electron chi connectivity index (χ0n) is 13.5. The molecule has 1 aromatic carbocycles. The lowest BCUT2D eigenvalue weighted by Crippen LogP contribution is -2.34. The van der Waals surface area contributed by atoms with E-state index in [9.17, 15) is 14.9 Å². The molecule has 6 nitrogen and oxygen atoms in total. The predicted molar refractivity (Wildman–Crippen MR) is 86.7 cm³/mol. The van der Waals surface area contributed by atoms with Crippen LogP contribution in [0.15, 0.2) is 18.2 Å². The third-order valence-electron chi connectivity index (χ3n) is 5.31. The van der Waals surface area contributed by atoms with Crippen LogP contribution in [-0.4, -0.2) is 30.6 Å². The predicted octanol–water partition coefficient (Wildman–Crippen LogP) is 3.40. The molecule has 0 bridgehead atoms. The van der Waals surface area contributed by atoms with Gasteiger partial charge in [-0.1, -0.05) is 19.8 Å². The molecular weight excluding hydrogens is 296 g/mol. The topological polar surface area (TPSA) is 72.7 Å². The second kappa shape index (κ2) is 6.18. The molecule has 1 aromatic rings. The van der Waals surface area contributed by atoms with E-state index in [0.29, 0.717) is 17.9 Å². The van der Waals surface area contributed by atoms with Gasteiger partial charge in [-0.25, -0.2) is 4.79 Å². The van der Waals surface area contributed by atoms with Gasteiger partial charge in [0.15, 0.2) is 0 Å². The molecule has 2 fully saturated rings. The summed E-state index contributed by atoms with van der Waals surface area (Å²) < 4.78 is 4.71. The molecule has 3 atom stereocenters. The van der Waals surface area contributed by atoms with Crippen LogP contribution in [0.3, 0.4) is 0 Å². The number of hydrogen-bond donors (Lipinski definition) is 0. The first-order chi connectivity index (χ1) is 11.0. The average molecular weight is 318 g/mol. The highest BCUT2D eigenvalue weighted by Gasteiger charge is 2.41. The van der Waals surface area contributed by atoms with Gasteiger partial charge in [0.1, 0.15) is 5.56 Å². The Morgan fingerprint density at radius 2 is 2.09 bits per heavy atom. The van der Waals surface area contributed by atoms with Crippen LogP contribution in [0, 0.1) is 22.0 Å². The van der Waals surface area contributed by atoms with Crippen LogP contribution in [0.25, 0.3) is 0 Å². The molecular formula is C17H22N2O4. The zero-order chi connectivity index (χ0) is 16.6. The molecule has 23 heavy (non-hydrogen) atoms. The van der Waals surface area contributed by atoms with Crippen molar-refractivity contribution < 1.29 is 14.5 Å². The number of carbonyl (C=O) groups excluding carboxylic acids is 1. The summed E-state index contributed by atoms with van der Waals surface area (Å²) in [7, 11) is 1.24. The number of nitrogens with zero attached hydrogens (tertiary/aromatic N) is 2. The van der Waals surface area contributed by atoms with Crippen molar-refractivity contribution in [2.45, 2.75) is 38.6 Å². The van der Waals surface area contributed by atoms with Gasteiger partial charge in [0.25, 0.3) is 5.69 Å². The summed E-state index contributed by atoms with van der Waals surface area (Å²) >= 11 is 0. The van der Waals surface area contributed by atoms with Crippen molar-refractivity contribution in [3.05, 3.63) is 33.9 Å². The Labute approximate surface area is 135 Å². The first-order valence-corrected chi connectivity index (χ1v) is 8.16. The van der Waals surface area contributed by atoms with Crippen LogP contribution in [-0.2, 0) is 4.74 Å². The van der Waals surface area contributed by atoms with Crippen molar-refractivity contribution >= 4 is 17.3 Å². The molecule has 3 rings (SSSR count). The second-order valence-electron chi connectivity index (χ2n) is 6.60. The van der Waals surface area contributed by atoms with E-state index in [1.165, 1.54) is 32.4 Å². The number of rotatable bonds is 3. The maximum Gasteiger partial charge on any atom is 0.344 e. The maximum absolute atomic E-state index is 11.9. The molecule has 1 saturated carbocycles. The average Bonchev–Trinajstić information content (AvgIpc) is 2.91. The van der Waals surface area contributed by atoms with Crippen molar-refractivity contribution in [1.29, 1.82) is 0 Å². The number of hydrogen-bond acceptors (Lipinski definition) is 5. The van der Waals surface area contributed by atoms with E-state index in [4.69, 9.17) is 4.74 Å². The fraction of sp³-hybridized carbons (Fsp3) is 0.588. The van der Waals surface area contributed by atoms with E-state index < -0.39 is 10.9 Å². The monoisotopic (exact) mass is 318 g/mol. The minimum absolute atomic E-state index is 0.0295. The summed E-state index contributed by atoms with van der Waals surface area (Å²) in [6.07, 6.45) is 4.91. The molecule has 0 radical (unpaired) electrons. The molecule has 0 N–H and O–H groups in total. The summed E-state index contributed by atoms with van der Waals surface area (Å²) in [6.45, 7) is 3.21. The molecule has 1 aliphatic carbocycles. The summed E-state index contributed by atoms with van der Waals surface area (Å²) in [5.74, 6) is 0.628. The molecule has 0 spiro atoms. The van der Waals surface area contributed by atoms with Crippen LogP contribution >= 0.6 is 0 Å². The van der Waals surface area contributed by atoms with Gasteiger partial charge in [-0.15, -0.1) is 0 Å². The van der Waals surface area contributed by atoms with E-state index in [0.717, 1.165) is 18.7 Å². The van der Waals surface area contributed by atoms with Gasteiger partial charge in [-0.05, 0) is 36.8 Å². The number of nitro groups is 1. The number of ether oxygens (including phenoxy) is 1. The minimum atomic E-state index is -0.661. The highest BCUT2D eigenvalue weighted by molar-refractivity contribution is 5.95. The fourth-order valence-corrected chi connectivity index (χ4v) is 4.20. The smallest absolute Gasteiger partial charge is 0.344 e. The van der Waals surface area contributed by atoms with E-state index in [1.807, 2.05) is 0 Å². The van der Waals surface area contributed by atoms with Crippen LogP contribution in [0.4, 0.5) is 11.4 Å². The van der Waals surface area contributed by atoms with Crippen molar-refractivity contribution in [3.63, 3.8) is 0 Å². The number of fused-ring (bicyclic) bond motifs is 1.